The summed E-state index contributed by atoms with van der Waals surface area (Å²) in [7, 11) is 3.61. The molecular formula is C33H40N4O7. The van der Waals surface area contributed by atoms with Gasteiger partial charge in [-0.25, -0.2) is 4.79 Å². The fraction of sp³-hybridized carbons (Fsp3) is 0.394. The molecule has 0 bridgehead atoms. The van der Waals surface area contributed by atoms with Crippen LogP contribution in [-0.2, 0) is 17.8 Å². The van der Waals surface area contributed by atoms with E-state index in [1.807, 2.05) is 32.2 Å². The molecule has 0 saturated carbocycles. The molecule has 11 nitrogen and oxygen atoms in total. The topological polar surface area (TPSA) is 122 Å². The van der Waals surface area contributed by atoms with Crippen molar-refractivity contribution in [3.05, 3.63) is 71.8 Å². The van der Waals surface area contributed by atoms with Crippen molar-refractivity contribution in [2.75, 3.05) is 51.3 Å². The van der Waals surface area contributed by atoms with Crippen LogP contribution in [0.1, 0.15) is 25.0 Å². The third-order valence-electron chi connectivity index (χ3n) is 7.90. The molecule has 11 heteroatoms. The van der Waals surface area contributed by atoms with Crippen LogP contribution in [0, 0.1) is 5.92 Å². The van der Waals surface area contributed by atoms with Crippen molar-refractivity contribution in [1.29, 1.82) is 0 Å². The molecule has 2 heterocycles. The molecule has 0 saturated heterocycles. The van der Waals surface area contributed by atoms with Crippen LogP contribution in [-0.4, -0.2) is 79.6 Å². The number of hydrogen-bond donors (Lipinski definition) is 3. The highest BCUT2D eigenvalue weighted by molar-refractivity contribution is 6.00. The molecule has 234 valence electrons. The third kappa shape index (κ3) is 7.53. The molecule has 5 rings (SSSR count). The van der Waals surface area contributed by atoms with Crippen LogP contribution < -0.4 is 29.6 Å². The molecule has 0 fully saturated rings. The summed E-state index contributed by atoms with van der Waals surface area (Å²) < 4.78 is 22.8. The predicted octanol–water partition coefficient (Wildman–Crippen LogP) is 4.35. The van der Waals surface area contributed by atoms with Crippen LogP contribution in [0.5, 0.6) is 23.0 Å². The van der Waals surface area contributed by atoms with E-state index in [0.717, 1.165) is 17.1 Å². The van der Waals surface area contributed by atoms with Gasteiger partial charge in [0.1, 0.15) is 17.6 Å². The van der Waals surface area contributed by atoms with Gasteiger partial charge in [-0.05, 0) is 74.1 Å². The van der Waals surface area contributed by atoms with E-state index in [9.17, 15) is 14.7 Å². The average molecular weight is 605 g/mol. The molecule has 0 spiro atoms. The van der Waals surface area contributed by atoms with Crippen LogP contribution in [0.2, 0.25) is 0 Å². The van der Waals surface area contributed by atoms with Gasteiger partial charge in [-0.15, -0.1) is 0 Å². The van der Waals surface area contributed by atoms with E-state index in [0.29, 0.717) is 48.1 Å². The third-order valence-corrected chi connectivity index (χ3v) is 7.90. The van der Waals surface area contributed by atoms with Gasteiger partial charge in [0.25, 0.3) is 0 Å². The summed E-state index contributed by atoms with van der Waals surface area (Å²) in [4.78, 5) is 30.2. The number of aliphatic hydroxyl groups is 1. The van der Waals surface area contributed by atoms with Crippen molar-refractivity contribution in [2.24, 2.45) is 5.92 Å². The molecule has 44 heavy (non-hydrogen) atoms. The predicted molar refractivity (Wildman–Crippen MR) is 167 cm³/mol. The zero-order chi connectivity index (χ0) is 31.2. The number of ether oxygens (including phenoxy) is 4. The van der Waals surface area contributed by atoms with Crippen LogP contribution in [0.25, 0.3) is 0 Å². The number of methoxy groups -OCH3 is 1. The summed E-state index contributed by atoms with van der Waals surface area (Å²) in [6.45, 7) is 5.68. The summed E-state index contributed by atoms with van der Waals surface area (Å²) in [6.07, 6.45) is -0.189. The van der Waals surface area contributed by atoms with Gasteiger partial charge in [0.15, 0.2) is 11.5 Å². The minimum atomic E-state index is -0.419. The number of amides is 3. The second-order valence-electron chi connectivity index (χ2n) is 11.4. The van der Waals surface area contributed by atoms with Gasteiger partial charge < -0.3 is 39.6 Å². The number of fused-ring (bicyclic) bond motifs is 2. The normalized spacial score (nSPS) is 18.4. The molecule has 3 N–H and O–H groups in total. The van der Waals surface area contributed by atoms with Crippen molar-refractivity contribution in [2.45, 2.75) is 39.0 Å². The first-order chi connectivity index (χ1) is 21.2. The first kappa shape index (κ1) is 31.0. The number of rotatable bonds is 9. The Kier molecular flexibility index (Phi) is 9.76. The van der Waals surface area contributed by atoms with E-state index in [1.165, 1.54) is 0 Å². The Morgan fingerprint density at radius 1 is 1.05 bits per heavy atom. The van der Waals surface area contributed by atoms with Crippen LogP contribution >= 0.6 is 0 Å². The number of nitrogens with one attached hydrogen (secondary N) is 2. The van der Waals surface area contributed by atoms with Gasteiger partial charge in [0.2, 0.25) is 12.7 Å². The van der Waals surface area contributed by atoms with Crippen molar-refractivity contribution < 1.29 is 33.6 Å². The Labute approximate surface area is 257 Å². The van der Waals surface area contributed by atoms with Crippen LogP contribution in [0.4, 0.5) is 16.2 Å². The molecule has 2 aliphatic rings. The molecule has 3 aromatic carbocycles. The smallest absolute Gasteiger partial charge is 0.323 e. The van der Waals surface area contributed by atoms with Crippen molar-refractivity contribution in [3.63, 3.8) is 0 Å². The number of carbonyl (C=O) groups excluding carboxylic acids is 2. The zero-order valence-corrected chi connectivity index (χ0v) is 25.5. The fourth-order valence-corrected chi connectivity index (χ4v) is 5.42. The number of nitrogens with zero attached hydrogens (tertiary/aromatic N) is 2. The maximum absolute atomic E-state index is 13.5. The Balaban J connectivity index is 1.33. The number of likely N-dealkylation sites (N-methyl/N-ethyl adjacent to an activating group) is 1. The van der Waals surface area contributed by atoms with Gasteiger partial charge in [-0.1, -0.05) is 13.0 Å². The summed E-state index contributed by atoms with van der Waals surface area (Å²) in [5, 5.41) is 15.6. The lowest BCUT2D eigenvalue weighted by Gasteiger charge is -2.34. The van der Waals surface area contributed by atoms with Crippen molar-refractivity contribution in [1.82, 2.24) is 9.80 Å². The molecular weight excluding hydrogens is 564 g/mol. The minimum absolute atomic E-state index is 0.0359. The van der Waals surface area contributed by atoms with Gasteiger partial charge >= 0.3 is 6.03 Å². The molecule has 0 unspecified atom stereocenters. The van der Waals surface area contributed by atoms with Crippen LogP contribution in [0.3, 0.4) is 0 Å². The minimum Gasteiger partial charge on any atom is -0.497 e. The molecule has 3 atom stereocenters. The first-order valence-electron chi connectivity index (χ1n) is 14.7. The number of anilines is 2. The molecule has 0 aliphatic carbocycles. The number of urea groups is 1. The van der Waals surface area contributed by atoms with Gasteiger partial charge in [0.05, 0.1) is 26.2 Å². The Morgan fingerprint density at radius 3 is 2.50 bits per heavy atom. The van der Waals surface area contributed by atoms with E-state index in [-0.39, 0.29) is 43.8 Å². The lowest BCUT2D eigenvalue weighted by molar-refractivity contribution is -0.134. The van der Waals surface area contributed by atoms with Crippen molar-refractivity contribution >= 4 is 23.3 Å². The summed E-state index contributed by atoms with van der Waals surface area (Å²) in [6, 6.07) is 17.5. The number of benzene rings is 3. The Bertz CT molecular complexity index is 1460. The standard InChI is InChI=1S/C33H40N4O7/c1-21-16-37(22(2)19-38)32(39)15-24-14-26(35-33(40)34-25-6-9-27(41-4)10-7-25)8-12-28(24)44-31(21)18-36(3)17-23-5-11-29-30(13-23)43-20-42-29/h5-14,21-22,31,38H,15-20H2,1-4H3,(H2,34,35,40)/t21-,22+,31+/m1/s1. The number of aliphatic hydroxyl groups excluding tert-OH is 1. The molecule has 3 aromatic rings. The lowest BCUT2D eigenvalue weighted by atomic mass is 10.0. The first-order valence-corrected chi connectivity index (χ1v) is 14.7. The maximum atomic E-state index is 13.5. The van der Waals surface area contributed by atoms with Gasteiger partial charge in [-0.2, -0.15) is 0 Å². The largest absolute Gasteiger partial charge is 0.497 e. The fourth-order valence-electron chi connectivity index (χ4n) is 5.42. The molecule has 3 amide bonds. The quantitative estimate of drug-likeness (QED) is 0.330. The number of hydrogen-bond acceptors (Lipinski definition) is 8. The lowest BCUT2D eigenvalue weighted by Crippen LogP contribution is -2.47. The van der Waals surface area contributed by atoms with E-state index < -0.39 is 6.03 Å². The van der Waals surface area contributed by atoms with Gasteiger partial charge in [0, 0.05) is 42.5 Å². The molecule has 2 aliphatic heterocycles. The second-order valence-corrected chi connectivity index (χ2v) is 11.4. The molecule has 0 aromatic heterocycles. The summed E-state index contributed by atoms with van der Waals surface area (Å²) >= 11 is 0. The van der Waals surface area contributed by atoms with Gasteiger partial charge in [-0.3, -0.25) is 9.69 Å². The van der Waals surface area contributed by atoms with E-state index in [4.69, 9.17) is 18.9 Å². The van der Waals surface area contributed by atoms with E-state index in [1.54, 1.807) is 54.5 Å². The van der Waals surface area contributed by atoms with E-state index in [2.05, 4.69) is 22.5 Å². The highest BCUT2D eigenvalue weighted by Gasteiger charge is 2.31. The van der Waals surface area contributed by atoms with Crippen LogP contribution in [0.15, 0.2) is 60.7 Å². The zero-order valence-electron chi connectivity index (χ0n) is 25.5. The Morgan fingerprint density at radius 2 is 1.75 bits per heavy atom. The monoisotopic (exact) mass is 604 g/mol. The SMILES string of the molecule is COc1ccc(NC(=O)Nc2ccc3c(c2)CC(=O)N([C@@H](C)CO)C[C@@H](C)[C@H](CN(C)Cc2ccc4c(c2)OCO4)O3)cc1. The maximum Gasteiger partial charge on any atom is 0.323 e. The molecule has 0 radical (unpaired) electrons. The highest BCUT2D eigenvalue weighted by Crippen LogP contribution is 2.33. The highest BCUT2D eigenvalue weighted by atomic mass is 16.7. The van der Waals surface area contributed by atoms with Crippen molar-refractivity contribution in [3.8, 4) is 23.0 Å². The average Bonchev–Trinajstić information content (AvgIpc) is 3.49. The van der Waals surface area contributed by atoms with E-state index >= 15 is 0 Å². The summed E-state index contributed by atoms with van der Waals surface area (Å²) in [5.74, 6) is 2.62. The Hall–Kier alpha value is -4.48. The number of carbonyl (C=O) groups is 2. The second kappa shape index (κ2) is 13.9. The summed E-state index contributed by atoms with van der Waals surface area (Å²) in [5.41, 5.74) is 2.88.